The molecule has 2 aromatic rings. The molecule has 4 nitrogen and oxygen atoms in total. The van der Waals surface area contributed by atoms with Gasteiger partial charge in [0.25, 0.3) is 0 Å². The lowest BCUT2D eigenvalue weighted by Crippen LogP contribution is -2.49. The third-order valence-electron chi connectivity index (χ3n) is 3.89. The van der Waals surface area contributed by atoms with E-state index < -0.39 is 0 Å². The standard InChI is InChI=1S/C18H20N2O2/c1-14-13-22-17(15-8-4-2-5-9-15)12-20(14)18(21)19-16-10-6-3-7-11-16/h2-11,14,17H,12-13H2,1H3,(H,19,21). The maximum absolute atomic E-state index is 12.5. The van der Waals surface area contributed by atoms with Gasteiger partial charge in [-0.05, 0) is 24.6 Å². The Hall–Kier alpha value is -2.33. The largest absolute Gasteiger partial charge is 0.370 e. The Balaban J connectivity index is 1.70. The molecule has 1 aliphatic rings. The first-order valence-electron chi connectivity index (χ1n) is 7.53. The van der Waals surface area contributed by atoms with E-state index in [9.17, 15) is 4.79 Å². The summed E-state index contributed by atoms with van der Waals surface area (Å²) >= 11 is 0. The molecule has 2 amide bonds. The average Bonchev–Trinajstić information content (AvgIpc) is 2.57. The number of carbonyl (C=O) groups is 1. The van der Waals surface area contributed by atoms with Gasteiger partial charge in [-0.3, -0.25) is 0 Å². The molecule has 0 bridgehead atoms. The molecule has 114 valence electrons. The van der Waals surface area contributed by atoms with Crippen LogP contribution in [0.2, 0.25) is 0 Å². The number of nitrogens with one attached hydrogen (secondary N) is 1. The van der Waals surface area contributed by atoms with Gasteiger partial charge in [0.1, 0.15) is 6.10 Å². The number of hydrogen-bond acceptors (Lipinski definition) is 2. The fraction of sp³-hybridized carbons (Fsp3) is 0.278. The summed E-state index contributed by atoms with van der Waals surface area (Å²) in [5.74, 6) is 0. The number of amides is 2. The lowest BCUT2D eigenvalue weighted by molar-refractivity contribution is -0.0407. The number of anilines is 1. The number of carbonyl (C=O) groups excluding carboxylic acids is 1. The van der Waals surface area contributed by atoms with Gasteiger partial charge in [0.2, 0.25) is 0 Å². The molecule has 1 aliphatic heterocycles. The minimum absolute atomic E-state index is 0.0590. The van der Waals surface area contributed by atoms with Crippen molar-refractivity contribution < 1.29 is 9.53 Å². The zero-order valence-electron chi connectivity index (χ0n) is 12.6. The highest BCUT2D eigenvalue weighted by Gasteiger charge is 2.30. The first-order chi connectivity index (χ1) is 10.7. The van der Waals surface area contributed by atoms with Crippen molar-refractivity contribution in [1.29, 1.82) is 0 Å². The van der Waals surface area contributed by atoms with Gasteiger partial charge in [0, 0.05) is 5.69 Å². The second-order valence-corrected chi connectivity index (χ2v) is 5.53. The zero-order valence-corrected chi connectivity index (χ0v) is 12.6. The van der Waals surface area contributed by atoms with Gasteiger partial charge >= 0.3 is 6.03 Å². The van der Waals surface area contributed by atoms with Crippen LogP contribution in [-0.2, 0) is 4.74 Å². The molecule has 22 heavy (non-hydrogen) atoms. The van der Waals surface area contributed by atoms with Crippen molar-refractivity contribution in [3.05, 3.63) is 66.2 Å². The predicted molar refractivity (Wildman–Crippen MR) is 86.8 cm³/mol. The molecule has 1 fully saturated rings. The fourth-order valence-corrected chi connectivity index (χ4v) is 2.63. The van der Waals surface area contributed by atoms with Crippen LogP contribution in [0.4, 0.5) is 10.5 Å². The Morgan fingerprint density at radius 2 is 1.73 bits per heavy atom. The van der Waals surface area contributed by atoms with Gasteiger partial charge in [-0.1, -0.05) is 48.5 Å². The molecule has 3 rings (SSSR count). The van der Waals surface area contributed by atoms with Gasteiger partial charge < -0.3 is 15.0 Å². The van der Waals surface area contributed by atoms with Crippen LogP contribution in [-0.4, -0.2) is 30.1 Å². The normalized spacial score (nSPS) is 21.4. The van der Waals surface area contributed by atoms with Crippen LogP contribution >= 0.6 is 0 Å². The summed E-state index contributed by atoms with van der Waals surface area (Å²) < 4.78 is 5.89. The van der Waals surface area contributed by atoms with Gasteiger partial charge in [0.05, 0.1) is 19.2 Å². The first-order valence-corrected chi connectivity index (χ1v) is 7.53. The second kappa shape index (κ2) is 6.62. The van der Waals surface area contributed by atoms with E-state index in [0.29, 0.717) is 13.2 Å². The first kappa shape index (κ1) is 14.6. The zero-order chi connectivity index (χ0) is 15.4. The van der Waals surface area contributed by atoms with Crippen molar-refractivity contribution >= 4 is 11.7 Å². The highest BCUT2D eigenvalue weighted by atomic mass is 16.5. The van der Waals surface area contributed by atoms with Crippen LogP contribution in [0.1, 0.15) is 18.6 Å². The third kappa shape index (κ3) is 3.28. The van der Waals surface area contributed by atoms with E-state index in [0.717, 1.165) is 11.3 Å². The number of nitrogens with zero attached hydrogens (tertiary/aromatic N) is 1. The molecule has 2 atom stereocenters. The number of para-hydroxylation sites is 1. The van der Waals surface area contributed by atoms with Gasteiger partial charge in [-0.15, -0.1) is 0 Å². The van der Waals surface area contributed by atoms with Gasteiger partial charge in [-0.2, -0.15) is 0 Å². The average molecular weight is 296 g/mol. The van der Waals surface area contributed by atoms with Crippen LogP contribution in [0, 0.1) is 0 Å². The number of morpholine rings is 1. The Bertz CT molecular complexity index is 615. The van der Waals surface area contributed by atoms with Crippen LogP contribution in [0.25, 0.3) is 0 Å². The Labute approximate surface area is 130 Å². The van der Waals surface area contributed by atoms with E-state index >= 15 is 0 Å². The summed E-state index contributed by atoms with van der Waals surface area (Å²) in [5, 5.41) is 2.95. The molecule has 2 aromatic carbocycles. The molecule has 0 saturated carbocycles. The van der Waals surface area contributed by atoms with E-state index in [-0.39, 0.29) is 18.2 Å². The summed E-state index contributed by atoms with van der Waals surface area (Å²) in [6.07, 6.45) is -0.0704. The summed E-state index contributed by atoms with van der Waals surface area (Å²) in [7, 11) is 0. The van der Waals surface area contributed by atoms with E-state index in [4.69, 9.17) is 4.74 Å². The monoisotopic (exact) mass is 296 g/mol. The summed E-state index contributed by atoms with van der Waals surface area (Å²) in [6.45, 7) is 3.11. The van der Waals surface area contributed by atoms with E-state index in [1.165, 1.54) is 0 Å². The summed E-state index contributed by atoms with van der Waals surface area (Å²) in [4.78, 5) is 14.4. The number of benzene rings is 2. The maximum atomic E-state index is 12.5. The molecular formula is C18H20N2O2. The third-order valence-corrected chi connectivity index (χ3v) is 3.89. The smallest absolute Gasteiger partial charge is 0.322 e. The molecule has 0 aromatic heterocycles. The highest BCUT2D eigenvalue weighted by molar-refractivity contribution is 5.89. The molecule has 1 N–H and O–H groups in total. The molecule has 1 heterocycles. The molecule has 0 spiro atoms. The van der Waals surface area contributed by atoms with Crippen LogP contribution in [0.3, 0.4) is 0 Å². The molecule has 4 heteroatoms. The molecular weight excluding hydrogens is 276 g/mol. The molecule has 0 radical (unpaired) electrons. The lowest BCUT2D eigenvalue weighted by atomic mass is 10.1. The van der Waals surface area contributed by atoms with E-state index in [2.05, 4.69) is 5.32 Å². The Morgan fingerprint density at radius 1 is 1.09 bits per heavy atom. The molecule has 2 unspecified atom stereocenters. The lowest BCUT2D eigenvalue weighted by Gasteiger charge is -2.38. The van der Waals surface area contributed by atoms with Crippen molar-refractivity contribution in [1.82, 2.24) is 4.90 Å². The van der Waals surface area contributed by atoms with Crippen molar-refractivity contribution in [3.63, 3.8) is 0 Å². The number of ether oxygens (including phenoxy) is 1. The van der Waals surface area contributed by atoms with Crippen LogP contribution in [0.15, 0.2) is 60.7 Å². The van der Waals surface area contributed by atoms with Crippen molar-refractivity contribution in [2.24, 2.45) is 0 Å². The number of urea groups is 1. The van der Waals surface area contributed by atoms with E-state index in [1.807, 2.05) is 72.5 Å². The molecule has 1 saturated heterocycles. The van der Waals surface area contributed by atoms with Gasteiger partial charge in [-0.25, -0.2) is 4.79 Å². The van der Waals surface area contributed by atoms with Crippen LogP contribution in [0.5, 0.6) is 0 Å². The summed E-state index contributed by atoms with van der Waals surface area (Å²) in [5.41, 5.74) is 1.91. The minimum atomic E-state index is -0.0806. The molecule has 0 aliphatic carbocycles. The van der Waals surface area contributed by atoms with Crippen molar-refractivity contribution in [3.8, 4) is 0 Å². The maximum Gasteiger partial charge on any atom is 0.322 e. The second-order valence-electron chi connectivity index (χ2n) is 5.53. The number of hydrogen-bond donors (Lipinski definition) is 1. The Kier molecular flexibility index (Phi) is 4.39. The summed E-state index contributed by atoms with van der Waals surface area (Å²) in [6, 6.07) is 19.5. The Morgan fingerprint density at radius 3 is 2.41 bits per heavy atom. The van der Waals surface area contributed by atoms with Crippen molar-refractivity contribution in [2.45, 2.75) is 19.1 Å². The van der Waals surface area contributed by atoms with Crippen molar-refractivity contribution in [2.75, 3.05) is 18.5 Å². The minimum Gasteiger partial charge on any atom is -0.370 e. The van der Waals surface area contributed by atoms with E-state index in [1.54, 1.807) is 0 Å². The fourth-order valence-electron chi connectivity index (χ4n) is 2.63. The highest BCUT2D eigenvalue weighted by Crippen LogP contribution is 2.25. The topological polar surface area (TPSA) is 41.6 Å². The van der Waals surface area contributed by atoms with Crippen LogP contribution < -0.4 is 5.32 Å². The van der Waals surface area contributed by atoms with Gasteiger partial charge in [0.15, 0.2) is 0 Å². The predicted octanol–water partition coefficient (Wildman–Crippen LogP) is 3.68. The SMILES string of the molecule is CC1COC(c2ccccc2)CN1C(=O)Nc1ccccc1. The number of rotatable bonds is 2. The quantitative estimate of drug-likeness (QED) is 0.918.